The lowest BCUT2D eigenvalue weighted by Crippen LogP contribution is -2.35. The highest BCUT2D eigenvalue weighted by atomic mass is 35.5. The van der Waals surface area contributed by atoms with E-state index in [9.17, 15) is 0 Å². The van der Waals surface area contributed by atoms with E-state index in [1.807, 2.05) is 36.4 Å². The van der Waals surface area contributed by atoms with Gasteiger partial charge in [0.05, 0.1) is 13.2 Å². The van der Waals surface area contributed by atoms with Gasteiger partial charge in [-0.1, -0.05) is 17.7 Å². The number of methoxy groups -OCH3 is 1. The Morgan fingerprint density at radius 1 is 1.10 bits per heavy atom. The Bertz CT molecular complexity index is 627. The first-order chi connectivity index (χ1) is 10.2. The van der Waals surface area contributed by atoms with E-state index < -0.39 is 0 Å². The molecule has 0 saturated carbocycles. The molecule has 2 aromatic rings. The lowest BCUT2D eigenvalue weighted by atomic mass is 9.86. The summed E-state index contributed by atoms with van der Waals surface area (Å²) < 4.78 is 11.3. The number of fused-ring (bicyclic) bond motifs is 1. The second-order valence-corrected chi connectivity index (χ2v) is 5.68. The molecule has 0 spiro atoms. The molecular weight excluding hydrogens is 286 g/mol. The summed E-state index contributed by atoms with van der Waals surface area (Å²) in [6.07, 6.45) is 1.81. The first-order valence-corrected chi connectivity index (χ1v) is 7.40. The highest BCUT2D eigenvalue weighted by Crippen LogP contribution is 2.33. The molecule has 2 atom stereocenters. The zero-order valence-corrected chi connectivity index (χ0v) is 12.6. The van der Waals surface area contributed by atoms with Crippen molar-refractivity contribution in [3.8, 4) is 11.5 Å². The molecule has 21 heavy (non-hydrogen) atoms. The summed E-state index contributed by atoms with van der Waals surface area (Å²) in [5, 5.41) is 0.702. The van der Waals surface area contributed by atoms with E-state index in [1.54, 1.807) is 7.11 Å². The van der Waals surface area contributed by atoms with Crippen LogP contribution in [0, 0.1) is 0 Å². The van der Waals surface area contributed by atoms with E-state index in [1.165, 1.54) is 5.56 Å². The number of hydrogen-bond donors (Lipinski definition) is 1. The first-order valence-electron chi connectivity index (χ1n) is 7.02. The molecule has 4 heteroatoms. The van der Waals surface area contributed by atoms with E-state index in [2.05, 4.69) is 6.07 Å². The summed E-state index contributed by atoms with van der Waals surface area (Å²) in [6, 6.07) is 13.3. The average molecular weight is 304 g/mol. The largest absolute Gasteiger partial charge is 0.497 e. The third-order valence-corrected chi connectivity index (χ3v) is 4.16. The highest BCUT2D eigenvalue weighted by molar-refractivity contribution is 6.30. The zero-order chi connectivity index (χ0) is 14.8. The minimum absolute atomic E-state index is 0.0212. The van der Waals surface area contributed by atoms with Crippen molar-refractivity contribution >= 4 is 11.6 Å². The molecule has 3 rings (SSSR count). The number of rotatable bonds is 3. The van der Waals surface area contributed by atoms with Crippen molar-refractivity contribution in [1.29, 1.82) is 0 Å². The number of aryl methyl sites for hydroxylation is 1. The van der Waals surface area contributed by atoms with Crippen LogP contribution in [0.5, 0.6) is 11.5 Å². The van der Waals surface area contributed by atoms with Gasteiger partial charge in [-0.25, -0.2) is 0 Å². The van der Waals surface area contributed by atoms with Gasteiger partial charge in [-0.3, -0.25) is 0 Å². The fraction of sp³-hybridized carbons (Fsp3) is 0.294. The van der Waals surface area contributed by atoms with Crippen molar-refractivity contribution in [2.75, 3.05) is 7.11 Å². The molecule has 2 unspecified atom stereocenters. The topological polar surface area (TPSA) is 44.5 Å². The molecule has 110 valence electrons. The zero-order valence-electron chi connectivity index (χ0n) is 11.9. The van der Waals surface area contributed by atoms with Crippen LogP contribution in [0.4, 0.5) is 0 Å². The highest BCUT2D eigenvalue weighted by Gasteiger charge is 2.28. The van der Waals surface area contributed by atoms with Gasteiger partial charge in [-0.15, -0.1) is 0 Å². The molecule has 0 amide bonds. The monoisotopic (exact) mass is 303 g/mol. The summed E-state index contributed by atoms with van der Waals surface area (Å²) in [7, 11) is 1.68. The maximum atomic E-state index is 6.37. The van der Waals surface area contributed by atoms with Crippen LogP contribution in [0.25, 0.3) is 0 Å². The lowest BCUT2D eigenvalue weighted by molar-refractivity contribution is 0.153. The standard InChI is InChI=1S/C17H18ClNO2/c1-20-14-7-8-15-11(10-14)2-9-16(17(15)19)21-13-5-3-12(18)4-6-13/h3-8,10,16-17H,2,9,19H2,1H3. The van der Waals surface area contributed by atoms with E-state index in [4.69, 9.17) is 26.8 Å². The first kappa shape index (κ1) is 14.2. The van der Waals surface area contributed by atoms with Crippen LogP contribution in [0.15, 0.2) is 42.5 Å². The third kappa shape index (κ3) is 2.99. The second kappa shape index (κ2) is 5.96. The Kier molecular flexibility index (Phi) is 4.04. The van der Waals surface area contributed by atoms with Crippen LogP contribution < -0.4 is 15.2 Å². The SMILES string of the molecule is COc1ccc2c(c1)CCC(Oc1ccc(Cl)cc1)C2N. The maximum absolute atomic E-state index is 6.37. The van der Waals surface area contributed by atoms with Gasteiger partial charge in [0.15, 0.2) is 0 Å². The van der Waals surface area contributed by atoms with Gasteiger partial charge in [0.2, 0.25) is 0 Å². The van der Waals surface area contributed by atoms with Gasteiger partial charge in [0.25, 0.3) is 0 Å². The molecular formula is C17H18ClNO2. The fourth-order valence-electron chi connectivity index (χ4n) is 2.75. The quantitative estimate of drug-likeness (QED) is 0.939. The third-order valence-electron chi connectivity index (χ3n) is 3.91. The molecule has 0 aliphatic heterocycles. The van der Waals surface area contributed by atoms with Crippen LogP contribution in [-0.2, 0) is 6.42 Å². The minimum Gasteiger partial charge on any atom is -0.497 e. The molecule has 0 heterocycles. The van der Waals surface area contributed by atoms with Gasteiger partial charge in [0, 0.05) is 5.02 Å². The summed E-state index contributed by atoms with van der Waals surface area (Å²) >= 11 is 5.89. The van der Waals surface area contributed by atoms with Crippen LogP contribution >= 0.6 is 11.6 Å². The van der Waals surface area contributed by atoms with Crippen LogP contribution in [0.3, 0.4) is 0 Å². The Hall–Kier alpha value is -1.71. The summed E-state index contributed by atoms with van der Waals surface area (Å²) in [5.74, 6) is 1.68. The van der Waals surface area contributed by atoms with Crippen molar-refractivity contribution in [2.24, 2.45) is 5.73 Å². The smallest absolute Gasteiger partial charge is 0.119 e. The molecule has 0 aromatic heterocycles. The van der Waals surface area contributed by atoms with Gasteiger partial charge in [-0.2, -0.15) is 0 Å². The summed E-state index contributed by atoms with van der Waals surface area (Å²) in [5.41, 5.74) is 8.76. The van der Waals surface area contributed by atoms with Crippen molar-refractivity contribution in [3.63, 3.8) is 0 Å². The van der Waals surface area contributed by atoms with E-state index >= 15 is 0 Å². The summed E-state index contributed by atoms with van der Waals surface area (Å²) in [4.78, 5) is 0. The van der Waals surface area contributed by atoms with Crippen molar-refractivity contribution < 1.29 is 9.47 Å². The van der Waals surface area contributed by atoms with E-state index in [0.717, 1.165) is 29.9 Å². The predicted octanol–water partition coefficient (Wildman–Crippen LogP) is 3.74. The number of hydrogen-bond acceptors (Lipinski definition) is 3. The molecule has 2 N–H and O–H groups in total. The van der Waals surface area contributed by atoms with Crippen LogP contribution in [0.2, 0.25) is 5.02 Å². The molecule has 0 radical (unpaired) electrons. The van der Waals surface area contributed by atoms with Crippen LogP contribution in [0.1, 0.15) is 23.6 Å². The van der Waals surface area contributed by atoms with Crippen molar-refractivity contribution in [1.82, 2.24) is 0 Å². The lowest BCUT2D eigenvalue weighted by Gasteiger charge is -2.31. The van der Waals surface area contributed by atoms with Crippen molar-refractivity contribution in [3.05, 3.63) is 58.6 Å². The second-order valence-electron chi connectivity index (χ2n) is 5.24. The molecule has 0 saturated heterocycles. The number of nitrogens with two attached hydrogens (primary N) is 1. The molecule has 1 aliphatic carbocycles. The van der Waals surface area contributed by atoms with E-state index in [0.29, 0.717) is 5.02 Å². The Morgan fingerprint density at radius 2 is 1.81 bits per heavy atom. The van der Waals surface area contributed by atoms with Gasteiger partial charge >= 0.3 is 0 Å². The molecule has 3 nitrogen and oxygen atoms in total. The van der Waals surface area contributed by atoms with Gasteiger partial charge < -0.3 is 15.2 Å². The average Bonchev–Trinajstić information content (AvgIpc) is 2.52. The normalized spacial score (nSPS) is 20.7. The Balaban J connectivity index is 1.78. The molecule has 0 fully saturated rings. The Morgan fingerprint density at radius 3 is 2.52 bits per heavy atom. The number of benzene rings is 2. The molecule has 1 aliphatic rings. The fourth-order valence-corrected chi connectivity index (χ4v) is 2.87. The summed E-state index contributed by atoms with van der Waals surface area (Å²) in [6.45, 7) is 0. The number of halogens is 1. The van der Waals surface area contributed by atoms with Crippen LogP contribution in [-0.4, -0.2) is 13.2 Å². The van der Waals surface area contributed by atoms with E-state index in [-0.39, 0.29) is 12.1 Å². The van der Waals surface area contributed by atoms with Crippen molar-refractivity contribution in [2.45, 2.75) is 25.0 Å². The van der Waals surface area contributed by atoms with Gasteiger partial charge in [0.1, 0.15) is 17.6 Å². The minimum atomic E-state index is -0.129. The predicted molar refractivity (Wildman–Crippen MR) is 84.1 cm³/mol. The molecule has 0 bridgehead atoms. The molecule has 2 aromatic carbocycles. The number of ether oxygens (including phenoxy) is 2. The van der Waals surface area contributed by atoms with Gasteiger partial charge in [-0.05, 0) is 60.4 Å². The Labute approximate surface area is 129 Å². The maximum Gasteiger partial charge on any atom is 0.119 e.